The molecule has 1 fully saturated rings. The van der Waals surface area contributed by atoms with Crippen LogP contribution in [0.5, 0.6) is 0 Å². The molecule has 1 unspecified atom stereocenters. The van der Waals surface area contributed by atoms with Gasteiger partial charge in [0.15, 0.2) is 0 Å². The van der Waals surface area contributed by atoms with Crippen LogP contribution >= 0.6 is 0 Å². The summed E-state index contributed by atoms with van der Waals surface area (Å²) >= 11 is 0. The average Bonchev–Trinajstić information content (AvgIpc) is 2.47. The third-order valence-corrected chi connectivity index (χ3v) is 4.63. The minimum absolute atomic E-state index is 0.368. The normalized spacial score (nSPS) is 20.3. The summed E-state index contributed by atoms with van der Waals surface area (Å²) in [6.07, 6.45) is 9.73. The average molecular weight is 255 g/mol. The zero-order valence-corrected chi connectivity index (χ0v) is 11.5. The molecule has 0 bridgehead atoms. The van der Waals surface area contributed by atoms with E-state index in [2.05, 4.69) is 17.1 Å². The van der Waals surface area contributed by atoms with Crippen molar-refractivity contribution in [2.75, 3.05) is 0 Å². The molecular formula is C17H21NO. The molecule has 19 heavy (non-hydrogen) atoms. The summed E-state index contributed by atoms with van der Waals surface area (Å²) in [5.41, 5.74) is 0.285. The van der Waals surface area contributed by atoms with Gasteiger partial charge in [0.25, 0.3) is 0 Å². The van der Waals surface area contributed by atoms with Crippen molar-refractivity contribution in [3.05, 3.63) is 42.2 Å². The van der Waals surface area contributed by atoms with Gasteiger partial charge in [0, 0.05) is 17.8 Å². The van der Waals surface area contributed by atoms with E-state index in [9.17, 15) is 5.11 Å². The van der Waals surface area contributed by atoms with Crippen LogP contribution in [0.15, 0.2) is 36.7 Å². The summed E-state index contributed by atoms with van der Waals surface area (Å²) in [4.78, 5) is 4.22. The predicted octanol–water partition coefficient (Wildman–Crippen LogP) is 4.02. The standard InChI is InChI=1S/C17H21NO/c1-17(19,14-7-3-2-4-8-14)16-9-5-6-13-10-11-18-12-15(13)16/h5-6,9-12,14,19H,2-4,7-8H2,1H3. The summed E-state index contributed by atoms with van der Waals surface area (Å²) in [6.45, 7) is 1.98. The van der Waals surface area contributed by atoms with Gasteiger partial charge in [0.1, 0.15) is 0 Å². The van der Waals surface area contributed by atoms with E-state index in [-0.39, 0.29) is 0 Å². The van der Waals surface area contributed by atoms with Crippen LogP contribution in [-0.4, -0.2) is 10.1 Å². The minimum Gasteiger partial charge on any atom is -0.385 e. The highest BCUT2D eigenvalue weighted by Crippen LogP contribution is 2.41. The van der Waals surface area contributed by atoms with Gasteiger partial charge in [-0.05, 0) is 42.7 Å². The van der Waals surface area contributed by atoms with Crippen LogP contribution in [0, 0.1) is 5.92 Å². The van der Waals surface area contributed by atoms with Crippen molar-refractivity contribution in [3.63, 3.8) is 0 Å². The van der Waals surface area contributed by atoms with Crippen LogP contribution in [0.2, 0.25) is 0 Å². The number of benzene rings is 1. The van der Waals surface area contributed by atoms with E-state index in [4.69, 9.17) is 0 Å². The second-order valence-corrected chi connectivity index (χ2v) is 5.88. The lowest BCUT2D eigenvalue weighted by Gasteiger charge is -2.36. The second kappa shape index (κ2) is 4.93. The molecule has 1 atom stereocenters. The van der Waals surface area contributed by atoms with Crippen LogP contribution in [0.3, 0.4) is 0 Å². The second-order valence-electron chi connectivity index (χ2n) is 5.88. The summed E-state index contributed by atoms with van der Waals surface area (Å²) < 4.78 is 0. The molecular weight excluding hydrogens is 234 g/mol. The van der Waals surface area contributed by atoms with E-state index in [1.54, 1.807) is 6.20 Å². The highest BCUT2D eigenvalue weighted by atomic mass is 16.3. The number of fused-ring (bicyclic) bond motifs is 1. The lowest BCUT2D eigenvalue weighted by atomic mass is 9.73. The number of hydrogen-bond donors (Lipinski definition) is 1. The van der Waals surface area contributed by atoms with Crippen molar-refractivity contribution >= 4 is 10.8 Å². The van der Waals surface area contributed by atoms with Gasteiger partial charge in [0.05, 0.1) is 5.60 Å². The monoisotopic (exact) mass is 255 g/mol. The topological polar surface area (TPSA) is 33.1 Å². The van der Waals surface area contributed by atoms with Crippen molar-refractivity contribution in [1.82, 2.24) is 4.98 Å². The van der Waals surface area contributed by atoms with Crippen LogP contribution in [0.25, 0.3) is 10.8 Å². The Morgan fingerprint density at radius 1 is 1.16 bits per heavy atom. The SMILES string of the molecule is CC(O)(c1cccc2ccncc12)C1CCCCC1. The van der Waals surface area contributed by atoms with E-state index < -0.39 is 5.60 Å². The van der Waals surface area contributed by atoms with Crippen LogP contribution < -0.4 is 0 Å². The van der Waals surface area contributed by atoms with Gasteiger partial charge in [-0.1, -0.05) is 37.5 Å². The molecule has 0 aliphatic heterocycles. The van der Waals surface area contributed by atoms with Crippen molar-refractivity contribution in [2.45, 2.75) is 44.6 Å². The molecule has 2 aromatic rings. The van der Waals surface area contributed by atoms with Crippen LogP contribution in [0.4, 0.5) is 0 Å². The molecule has 0 amide bonds. The molecule has 3 rings (SSSR count). The third kappa shape index (κ3) is 2.25. The molecule has 1 aromatic carbocycles. The van der Waals surface area contributed by atoms with Gasteiger partial charge in [-0.25, -0.2) is 0 Å². The van der Waals surface area contributed by atoms with Crippen molar-refractivity contribution in [2.24, 2.45) is 5.92 Å². The quantitative estimate of drug-likeness (QED) is 0.879. The molecule has 100 valence electrons. The fourth-order valence-electron chi connectivity index (χ4n) is 3.44. The van der Waals surface area contributed by atoms with Gasteiger partial charge in [-0.2, -0.15) is 0 Å². The van der Waals surface area contributed by atoms with Crippen molar-refractivity contribution in [3.8, 4) is 0 Å². The number of aliphatic hydroxyl groups is 1. The number of rotatable bonds is 2. The van der Waals surface area contributed by atoms with Gasteiger partial charge < -0.3 is 5.11 Å². The van der Waals surface area contributed by atoms with E-state index in [0.29, 0.717) is 5.92 Å². The molecule has 1 aliphatic rings. The van der Waals surface area contributed by atoms with Gasteiger partial charge in [-0.15, -0.1) is 0 Å². The zero-order valence-electron chi connectivity index (χ0n) is 11.5. The molecule has 0 saturated heterocycles. The molecule has 1 aliphatic carbocycles. The molecule has 2 heteroatoms. The van der Waals surface area contributed by atoms with Gasteiger partial charge in [0.2, 0.25) is 0 Å². The Morgan fingerprint density at radius 3 is 2.74 bits per heavy atom. The fraction of sp³-hybridized carbons (Fsp3) is 0.471. The van der Waals surface area contributed by atoms with E-state index in [0.717, 1.165) is 29.2 Å². The molecule has 1 aromatic heterocycles. The van der Waals surface area contributed by atoms with Gasteiger partial charge in [-0.3, -0.25) is 4.98 Å². The fourth-order valence-corrected chi connectivity index (χ4v) is 3.44. The van der Waals surface area contributed by atoms with Crippen LogP contribution in [0.1, 0.15) is 44.6 Å². The van der Waals surface area contributed by atoms with Crippen molar-refractivity contribution < 1.29 is 5.11 Å². The summed E-state index contributed by atoms with van der Waals surface area (Å²) in [5, 5.41) is 13.3. The Morgan fingerprint density at radius 2 is 1.95 bits per heavy atom. The first kappa shape index (κ1) is 12.6. The van der Waals surface area contributed by atoms with Crippen molar-refractivity contribution in [1.29, 1.82) is 0 Å². The smallest absolute Gasteiger partial charge is 0.0903 e. The number of pyridine rings is 1. The Hall–Kier alpha value is -1.41. The molecule has 2 nitrogen and oxygen atoms in total. The van der Waals surface area contributed by atoms with Crippen LogP contribution in [-0.2, 0) is 5.60 Å². The number of nitrogens with zero attached hydrogens (tertiary/aromatic N) is 1. The largest absolute Gasteiger partial charge is 0.385 e. The summed E-state index contributed by atoms with van der Waals surface area (Å²) in [7, 11) is 0. The third-order valence-electron chi connectivity index (χ3n) is 4.63. The lowest BCUT2D eigenvalue weighted by Crippen LogP contribution is -2.33. The molecule has 0 radical (unpaired) electrons. The minimum atomic E-state index is -0.747. The summed E-state index contributed by atoms with van der Waals surface area (Å²) in [6, 6.07) is 8.18. The Balaban J connectivity index is 2.07. The first-order valence-electron chi connectivity index (χ1n) is 7.25. The molecule has 1 saturated carbocycles. The first-order valence-corrected chi connectivity index (χ1v) is 7.25. The maximum Gasteiger partial charge on any atom is 0.0903 e. The highest BCUT2D eigenvalue weighted by Gasteiger charge is 2.35. The maximum absolute atomic E-state index is 11.1. The zero-order chi connectivity index (χ0) is 13.3. The van der Waals surface area contributed by atoms with Gasteiger partial charge >= 0.3 is 0 Å². The maximum atomic E-state index is 11.1. The van der Waals surface area contributed by atoms with E-state index in [1.165, 1.54) is 19.3 Å². The highest BCUT2D eigenvalue weighted by molar-refractivity contribution is 5.85. The first-order chi connectivity index (χ1) is 9.19. The Kier molecular flexibility index (Phi) is 3.28. The summed E-state index contributed by atoms with van der Waals surface area (Å²) in [5.74, 6) is 0.368. The molecule has 1 N–H and O–H groups in total. The number of hydrogen-bond acceptors (Lipinski definition) is 2. The Bertz CT molecular complexity index is 565. The number of aromatic nitrogens is 1. The molecule has 0 spiro atoms. The lowest BCUT2D eigenvalue weighted by molar-refractivity contribution is -0.0202. The molecule has 1 heterocycles. The van der Waals surface area contributed by atoms with E-state index in [1.807, 2.05) is 25.3 Å². The predicted molar refractivity (Wildman–Crippen MR) is 77.9 cm³/mol. The Labute approximate surface area is 114 Å². The van der Waals surface area contributed by atoms with E-state index >= 15 is 0 Å².